The maximum Gasteiger partial charge on any atom is 0.225 e. The Labute approximate surface area is 220 Å². The van der Waals surface area contributed by atoms with Crippen molar-refractivity contribution in [2.24, 2.45) is 0 Å². The van der Waals surface area contributed by atoms with Gasteiger partial charge in [0.1, 0.15) is 18.2 Å². The van der Waals surface area contributed by atoms with E-state index in [2.05, 4.69) is 64.1 Å². The number of aromatic nitrogens is 2. The maximum atomic E-state index is 5.91. The smallest absolute Gasteiger partial charge is 0.225 e. The van der Waals surface area contributed by atoms with Gasteiger partial charge in [-0.05, 0) is 74.0 Å². The van der Waals surface area contributed by atoms with Gasteiger partial charge in [0, 0.05) is 31.6 Å². The predicted molar refractivity (Wildman–Crippen MR) is 152 cm³/mol. The largest absolute Gasteiger partial charge is 0.489 e. The number of hydrogen-bond acceptors (Lipinski definition) is 6. The van der Waals surface area contributed by atoms with Gasteiger partial charge in [0.15, 0.2) is 0 Å². The molecule has 1 heterocycles. The number of fused-ring (bicyclic) bond motifs is 1. The average molecular weight is 496 g/mol. The van der Waals surface area contributed by atoms with E-state index in [-0.39, 0.29) is 0 Å². The summed E-state index contributed by atoms with van der Waals surface area (Å²) in [5.74, 6) is 2.61. The summed E-state index contributed by atoms with van der Waals surface area (Å²) in [5, 5.41) is 8.46. The van der Waals surface area contributed by atoms with E-state index in [4.69, 9.17) is 14.7 Å². The van der Waals surface area contributed by atoms with Crippen molar-refractivity contribution in [3.05, 3.63) is 90.0 Å². The Bertz CT molecular complexity index is 1270. The lowest BCUT2D eigenvalue weighted by molar-refractivity contribution is 0.306. The van der Waals surface area contributed by atoms with Crippen molar-refractivity contribution in [2.75, 3.05) is 30.9 Å². The summed E-state index contributed by atoms with van der Waals surface area (Å²) in [6.07, 6.45) is 5.60. The highest BCUT2D eigenvalue weighted by Gasteiger charge is 2.22. The lowest BCUT2D eigenvalue weighted by Gasteiger charge is -2.30. The molecule has 1 aliphatic rings. The first-order chi connectivity index (χ1) is 18.1. The van der Waals surface area contributed by atoms with Gasteiger partial charge in [-0.15, -0.1) is 0 Å². The van der Waals surface area contributed by atoms with Crippen LogP contribution in [0, 0.1) is 0 Å². The first-order valence-corrected chi connectivity index (χ1v) is 13.3. The molecule has 0 atom stereocenters. The number of para-hydroxylation sites is 1. The summed E-state index contributed by atoms with van der Waals surface area (Å²) >= 11 is 0. The van der Waals surface area contributed by atoms with E-state index in [1.54, 1.807) is 0 Å². The standard InChI is InChI=1S/C31H37N5O/c1-36(2)30-28-10-6-7-11-29(28)34-31(35-30)33-26-16-14-25(15-17-26)32-21-20-23-12-18-27(19-13-23)37-22-24-8-4-3-5-9-24/h3-13,18-19,25-26,32H,14-17,20-22H2,1-2H3,(H,33,34,35)/t25-,26+. The third-order valence-corrected chi connectivity index (χ3v) is 7.09. The average Bonchev–Trinajstić information content (AvgIpc) is 2.93. The van der Waals surface area contributed by atoms with Crippen LogP contribution in [0.3, 0.4) is 0 Å². The van der Waals surface area contributed by atoms with Crippen LogP contribution in [-0.2, 0) is 13.0 Å². The molecule has 0 aliphatic heterocycles. The van der Waals surface area contributed by atoms with E-state index in [1.807, 2.05) is 44.4 Å². The summed E-state index contributed by atoms with van der Waals surface area (Å²) in [5.41, 5.74) is 3.50. The van der Waals surface area contributed by atoms with Crippen molar-refractivity contribution >= 4 is 22.7 Å². The zero-order valence-corrected chi connectivity index (χ0v) is 21.9. The Morgan fingerprint density at radius 1 is 0.784 bits per heavy atom. The van der Waals surface area contributed by atoms with Crippen LogP contribution in [0.4, 0.5) is 11.8 Å². The van der Waals surface area contributed by atoms with Gasteiger partial charge >= 0.3 is 0 Å². The molecule has 1 saturated carbocycles. The molecule has 37 heavy (non-hydrogen) atoms. The minimum atomic E-state index is 0.414. The molecule has 6 nitrogen and oxygen atoms in total. The highest BCUT2D eigenvalue weighted by molar-refractivity contribution is 5.90. The van der Waals surface area contributed by atoms with Gasteiger partial charge < -0.3 is 20.3 Å². The fourth-order valence-electron chi connectivity index (χ4n) is 5.00. The monoisotopic (exact) mass is 495 g/mol. The number of nitrogens with zero attached hydrogens (tertiary/aromatic N) is 3. The van der Waals surface area contributed by atoms with Gasteiger partial charge in [-0.2, -0.15) is 4.98 Å². The second-order valence-corrected chi connectivity index (χ2v) is 10.1. The van der Waals surface area contributed by atoms with Crippen LogP contribution in [0.2, 0.25) is 0 Å². The van der Waals surface area contributed by atoms with E-state index in [1.165, 1.54) is 11.1 Å². The summed E-state index contributed by atoms with van der Waals surface area (Å²) in [7, 11) is 4.06. The number of rotatable bonds is 10. The Hall–Kier alpha value is -3.64. The van der Waals surface area contributed by atoms with Gasteiger partial charge in [0.05, 0.1) is 5.52 Å². The second kappa shape index (κ2) is 12.1. The molecule has 0 unspecified atom stereocenters. The molecule has 0 radical (unpaired) electrons. The van der Waals surface area contributed by atoms with Crippen LogP contribution < -0.4 is 20.3 Å². The fourth-order valence-corrected chi connectivity index (χ4v) is 5.00. The van der Waals surface area contributed by atoms with Gasteiger partial charge in [0.25, 0.3) is 0 Å². The SMILES string of the molecule is CN(C)c1nc(N[C@H]2CC[C@@H](NCCc3ccc(OCc4ccccc4)cc3)CC2)nc2ccccc12. The van der Waals surface area contributed by atoms with Crippen molar-refractivity contribution in [1.29, 1.82) is 0 Å². The Morgan fingerprint density at radius 3 is 2.24 bits per heavy atom. The Morgan fingerprint density at radius 2 is 1.49 bits per heavy atom. The lowest BCUT2D eigenvalue weighted by Crippen LogP contribution is -2.38. The van der Waals surface area contributed by atoms with Gasteiger partial charge in [0.2, 0.25) is 5.95 Å². The van der Waals surface area contributed by atoms with E-state index in [0.29, 0.717) is 18.7 Å². The van der Waals surface area contributed by atoms with Gasteiger partial charge in [-0.1, -0.05) is 54.6 Å². The molecule has 0 spiro atoms. The van der Waals surface area contributed by atoms with Gasteiger partial charge in [-0.3, -0.25) is 0 Å². The summed E-state index contributed by atoms with van der Waals surface area (Å²) in [6.45, 7) is 1.59. The molecule has 192 valence electrons. The number of benzene rings is 3. The first kappa shape index (κ1) is 25.0. The highest BCUT2D eigenvalue weighted by atomic mass is 16.5. The van der Waals surface area contributed by atoms with Crippen molar-refractivity contribution in [3.63, 3.8) is 0 Å². The molecule has 4 aromatic rings. The topological polar surface area (TPSA) is 62.3 Å². The molecule has 0 bridgehead atoms. The number of ether oxygens (including phenoxy) is 1. The minimum Gasteiger partial charge on any atom is -0.489 e. The molecule has 0 saturated heterocycles. The molecular formula is C31H37N5O. The third-order valence-electron chi connectivity index (χ3n) is 7.09. The van der Waals surface area contributed by atoms with Crippen LogP contribution in [0.25, 0.3) is 10.9 Å². The number of anilines is 2. The van der Waals surface area contributed by atoms with Crippen LogP contribution in [-0.4, -0.2) is 42.7 Å². The predicted octanol–water partition coefficient (Wildman–Crippen LogP) is 5.83. The van der Waals surface area contributed by atoms with E-state index >= 15 is 0 Å². The zero-order valence-electron chi connectivity index (χ0n) is 21.9. The Kier molecular flexibility index (Phi) is 8.16. The number of nitrogens with one attached hydrogen (secondary N) is 2. The van der Waals surface area contributed by atoms with Crippen molar-refractivity contribution in [3.8, 4) is 5.75 Å². The molecular weight excluding hydrogens is 458 g/mol. The molecule has 1 aliphatic carbocycles. The normalized spacial score (nSPS) is 17.5. The Balaban J connectivity index is 1.05. The molecule has 3 aromatic carbocycles. The molecule has 2 N–H and O–H groups in total. The molecule has 0 amide bonds. The summed E-state index contributed by atoms with van der Waals surface area (Å²) < 4.78 is 5.91. The summed E-state index contributed by atoms with van der Waals surface area (Å²) in [6, 6.07) is 28.0. The van der Waals surface area contributed by atoms with Crippen molar-refractivity contribution in [1.82, 2.24) is 15.3 Å². The van der Waals surface area contributed by atoms with Crippen LogP contribution >= 0.6 is 0 Å². The van der Waals surface area contributed by atoms with Gasteiger partial charge in [-0.25, -0.2) is 4.98 Å². The van der Waals surface area contributed by atoms with E-state index in [9.17, 15) is 0 Å². The molecule has 1 fully saturated rings. The zero-order chi connectivity index (χ0) is 25.5. The van der Waals surface area contributed by atoms with E-state index in [0.717, 1.165) is 67.1 Å². The quantitative estimate of drug-likeness (QED) is 0.289. The molecule has 1 aromatic heterocycles. The third kappa shape index (κ3) is 6.77. The first-order valence-electron chi connectivity index (χ1n) is 13.3. The molecule has 5 rings (SSSR count). The van der Waals surface area contributed by atoms with Crippen molar-refractivity contribution in [2.45, 2.75) is 50.8 Å². The van der Waals surface area contributed by atoms with Crippen LogP contribution in [0.15, 0.2) is 78.9 Å². The minimum absolute atomic E-state index is 0.414. The van der Waals surface area contributed by atoms with Crippen molar-refractivity contribution < 1.29 is 4.74 Å². The summed E-state index contributed by atoms with van der Waals surface area (Å²) in [4.78, 5) is 11.6. The van der Waals surface area contributed by atoms with Crippen LogP contribution in [0.5, 0.6) is 5.75 Å². The second-order valence-electron chi connectivity index (χ2n) is 10.1. The fraction of sp³-hybridized carbons (Fsp3) is 0.355. The maximum absolute atomic E-state index is 5.91. The van der Waals surface area contributed by atoms with E-state index < -0.39 is 0 Å². The lowest BCUT2D eigenvalue weighted by atomic mass is 9.91. The van der Waals surface area contributed by atoms with Crippen LogP contribution in [0.1, 0.15) is 36.8 Å². The highest BCUT2D eigenvalue weighted by Crippen LogP contribution is 2.26. The molecule has 6 heteroatoms. The number of hydrogen-bond donors (Lipinski definition) is 2.